The number of nitrogens with one attached hydrogen (secondary N) is 2. The van der Waals surface area contributed by atoms with E-state index >= 15 is 0 Å². The standard InChI is InChI=1S/C18H33N3O2S/c1-14(22)9-5-3-7-11-21(2)12-8-4-6-10-16-17-15(13-24-16)19-18(23)20-17/h15-17H,3-13H2,1-2H3,(H2,19,20,23)/t15-,16-,17-/m0/s1. The minimum Gasteiger partial charge on any atom is -0.332 e. The second-order valence-electron chi connectivity index (χ2n) is 7.29. The van der Waals surface area contributed by atoms with Crippen LogP contribution in [0.3, 0.4) is 0 Å². The van der Waals surface area contributed by atoms with Crippen molar-refractivity contribution in [2.24, 2.45) is 0 Å². The number of fused-ring (bicyclic) bond motifs is 1. The summed E-state index contributed by atoms with van der Waals surface area (Å²) in [6, 6.07) is 0.710. The van der Waals surface area contributed by atoms with Crippen molar-refractivity contribution in [3.63, 3.8) is 0 Å². The number of urea groups is 1. The van der Waals surface area contributed by atoms with Crippen LogP contribution in [0, 0.1) is 0 Å². The van der Waals surface area contributed by atoms with Gasteiger partial charge in [-0.25, -0.2) is 4.79 Å². The largest absolute Gasteiger partial charge is 0.332 e. The van der Waals surface area contributed by atoms with Gasteiger partial charge in [-0.15, -0.1) is 0 Å². The third-order valence-corrected chi connectivity index (χ3v) is 6.54. The minimum absolute atomic E-state index is 0.0141. The fourth-order valence-electron chi connectivity index (χ4n) is 3.59. The molecule has 0 aromatic carbocycles. The predicted molar refractivity (Wildman–Crippen MR) is 101 cm³/mol. The number of unbranched alkanes of at least 4 members (excludes halogenated alkanes) is 4. The van der Waals surface area contributed by atoms with Crippen LogP contribution in [-0.4, -0.2) is 59.9 Å². The van der Waals surface area contributed by atoms with Crippen LogP contribution in [0.25, 0.3) is 0 Å². The van der Waals surface area contributed by atoms with Gasteiger partial charge >= 0.3 is 6.03 Å². The van der Waals surface area contributed by atoms with Crippen molar-refractivity contribution in [2.45, 2.75) is 75.6 Å². The Balaban J connectivity index is 1.44. The van der Waals surface area contributed by atoms with Crippen LogP contribution in [0.2, 0.25) is 0 Å². The average Bonchev–Trinajstić information content (AvgIpc) is 3.06. The number of carbonyl (C=O) groups excluding carboxylic acids is 2. The third-order valence-electron chi connectivity index (χ3n) is 5.04. The van der Waals surface area contributed by atoms with Gasteiger partial charge in [0.25, 0.3) is 0 Å². The molecule has 24 heavy (non-hydrogen) atoms. The van der Waals surface area contributed by atoms with Gasteiger partial charge in [0.1, 0.15) is 5.78 Å². The summed E-state index contributed by atoms with van der Waals surface area (Å²) in [4.78, 5) is 24.7. The Morgan fingerprint density at radius 1 is 1.12 bits per heavy atom. The molecule has 0 unspecified atom stereocenters. The van der Waals surface area contributed by atoms with E-state index in [9.17, 15) is 9.59 Å². The molecule has 0 aromatic heterocycles. The van der Waals surface area contributed by atoms with Crippen LogP contribution in [0.4, 0.5) is 4.79 Å². The predicted octanol–water partition coefficient (Wildman–Crippen LogP) is 2.79. The summed E-state index contributed by atoms with van der Waals surface area (Å²) in [6.07, 6.45) is 9.11. The van der Waals surface area contributed by atoms with Gasteiger partial charge in [0.15, 0.2) is 0 Å². The minimum atomic E-state index is 0.0141. The smallest absolute Gasteiger partial charge is 0.315 e. The summed E-state index contributed by atoms with van der Waals surface area (Å²) >= 11 is 2.01. The van der Waals surface area contributed by atoms with Crippen molar-refractivity contribution in [3.8, 4) is 0 Å². The van der Waals surface area contributed by atoms with Gasteiger partial charge in [-0.05, 0) is 52.7 Å². The van der Waals surface area contributed by atoms with Crippen molar-refractivity contribution >= 4 is 23.6 Å². The quantitative estimate of drug-likeness (QED) is 0.417. The van der Waals surface area contributed by atoms with E-state index < -0.39 is 0 Å². The van der Waals surface area contributed by atoms with E-state index in [0.717, 1.165) is 38.1 Å². The zero-order valence-electron chi connectivity index (χ0n) is 15.2. The van der Waals surface area contributed by atoms with Gasteiger partial charge in [-0.3, -0.25) is 0 Å². The lowest BCUT2D eigenvalue weighted by Crippen LogP contribution is -2.36. The molecule has 2 N–H and O–H groups in total. The summed E-state index contributed by atoms with van der Waals surface area (Å²) in [6.45, 7) is 3.97. The second-order valence-corrected chi connectivity index (χ2v) is 8.56. The van der Waals surface area contributed by atoms with Gasteiger partial charge in [-0.2, -0.15) is 11.8 Å². The lowest BCUT2D eigenvalue weighted by molar-refractivity contribution is -0.117. The highest BCUT2D eigenvalue weighted by atomic mass is 32.2. The lowest BCUT2D eigenvalue weighted by Gasteiger charge is -2.18. The van der Waals surface area contributed by atoms with Gasteiger partial charge in [0.05, 0.1) is 12.1 Å². The first-order valence-corrected chi connectivity index (χ1v) is 10.5. The van der Waals surface area contributed by atoms with E-state index in [1.54, 1.807) is 6.92 Å². The second kappa shape index (κ2) is 10.3. The Morgan fingerprint density at radius 3 is 2.54 bits per heavy atom. The van der Waals surface area contributed by atoms with E-state index in [2.05, 4.69) is 22.6 Å². The molecule has 5 nitrogen and oxygen atoms in total. The van der Waals surface area contributed by atoms with E-state index in [1.165, 1.54) is 32.1 Å². The number of ketones is 1. The molecular weight excluding hydrogens is 322 g/mol. The molecule has 2 aliphatic rings. The van der Waals surface area contributed by atoms with Crippen LogP contribution in [0.15, 0.2) is 0 Å². The molecule has 2 fully saturated rings. The number of thioether (sulfide) groups is 1. The number of hydrogen-bond acceptors (Lipinski definition) is 4. The molecule has 0 aliphatic carbocycles. The summed E-state index contributed by atoms with van der Waals surface area (Å²) in [5, 5.41) is 6.66. The maximum atomic E-state index is 11.4. The van der Waals surface area contributed by atoms with Crippen LogP contribution < -0.4 is 10.6 Å². The van der Waals surface area contributed by atoms with Gasteiger partial charge in [0, 0.05) is 17.4 Å². The first-order chi connectivity index (χ1) is 11.6. The number of amides is 2. The fourth-order valence-corrected chi connectivity index (χ4v) is 5.13. The molecule has 0 bridgehead atoms. The maximum Gasteiger partial charge on any atom is 0.315 e. The number of nitrogens with zero attached hydrogens (tertiary/aromatic N) is 1. The zero-order valence-corrected chi connectivity index (χ0v) is 16.0. The van der Waals surface area contributed by atoms with Crippen LogP contribution in [0.1, 0.15) is 58.3 Å². The average molecular weight is 356 g/mol. The molecule has 0 radical (unpaired) electrons. The normalized spacial score (nSPS) is 25.6. The Bertz CT molecular complexity index is 419. The highest BCUT2D eigenvalue weighted by Gasteiger charge is 2.42. The molecule has 2 heterocycles. The summed E-state index contributed by atoms with van der Waals surface area (Å²) < 4.78 is 0. The van der Waals surface area contributed by atoms with E-state index in [1.807, 2.05) is 11.8 Å². The van der Waals surface area contributed by atoms with E-state index in [-0.39, 0.29) is 6.03 Å². The molecule has 138 valence electrons. The van der Waals surface area contributed by atoms with Gasteiger partial charge in [0.2, 0.25) is 0 Å². The Kier molecular flexibility index (Phi) is 8.39. The van der Waals surface area contributed by atoms with Crippen molar-refractivity contribution in [2.75, 3.05) is 25.9 Å². The topological polar surface area (TPSA) is 61.4 Å². The Labute approximate surface area is 150 Å². The van der Waals surface area contributed by atoms with Crippen molar-refractivity contribution in [1.82, 2.24) is 15.5 Å². The Hall–Kier alpha value is -0.750. The monoisotopic (exact) mass is 355 g/mol. The van der Waals surface area contributed by atoms with Crippen molar-refractivity contribution in [1.29, 1.82) is 0 Å². The first kappa shape index (κ1) is 19.6. The summed E-state index contributed by atoms with van der Waals surface area (Å²) in [5.74, 6) is 1.36. The number of Topliss-reactive ketones (excluding diaryl/α,β-unsaturated/α-hetero) is 1. The van der Waals surface area contributed by atoms with Crippen molar-refractivity contribution < 1.29 is 9.59 Å². The van der Waals surface area contributed by atoms with Gasteiger partial charge in [-0.1, -0.05) is 19.3 Å². The van der Waals surface area contributed by atoms with Crippen molar-refractivity contribution in [3.05, 3.63) is 0 Å². The highest BCUT2D eigenvalue weighted by Crippen LogP contribution is 2.33. The van der Waals surface area contributed by atoms with Crippen LogP contribution in [-0.2, 0) is 4.79 Å². The molecule has 0 aromatic rings. The van der Waals surface area contributed by atoms with Crippen LogP contribution in [0.5, 0.6) is 0 Å². The first-order valence-electron chi connectivity index (χ1n) is 9.43. The van der Waals surface area contributed by atoms with E-state index in [4.69, 9.17) is 0 Å². The molecule has 2 aliphatic heterocycles. The SMILES string of the molecule is CC(=O)CCCCCN(C)CCCCC[C@@H]1SC[C@@H]2NC(=O)N[C@@H]21. The molecule has 6 heteroatoms. The summed E-state index contributed by atoms with van der Waals surface area (Å²) in [5.41, 5.74) is 0. The molecule has 0 saturated carbocycles. The molecule has 2 rings (SSSR count). The molecule has 0 spiro atoms. The number of rotatable bonds is 12. The molecular formula is C18H33N3O2S. The van der Waals surface area contributed by atoms with Gasteiger partial charge < -0.3 is 20.3 Å². The lowest BCUT2D eigenvalue weighted by atomic mass is 10.0. The number of hydrogen-bond donors (Lipinski definition) is 2. The zero-order chi connectivity index (χ0) is 17.4. The highest BCUT2D eigenvalue weighted by molar-refractivity contribution is 8.00. The maximum absolute atomic E-state index is 11.4. The third kappa shape index (κ3) is 6.63. The molecule has 2 amide bonds. The Morgan fingerprint density at radius 2 is 1.83 bits per heavy atom. The van der Waals surface area contributed by atoms with E-state index in [0.29, 0.717) is 23.1 Å². The van der Waals surface area contributed by atoms with Crippen LogP contribution >= 0.6 is 11.8 Å². The summed E-state index contributed by atoms with van der Waals surface area (Å²) in [7, 11) is 2.20. The fraction of sp³-hybridized carbons (Fsp3) is 0.889. The number of carbonyl (C=O) groups is 2. The molecule has 3 atom stereocenters. The molecule has 2 saturated heterocycles.